The third kappa shape index (κ3) is 4.02. The molecule has 0 unspecified atom stereocenters. The van der Waals surface area contributed by atoms with Gasteiger partial charge in [0.1, 0.15) is 17.1 Å². The zero-order valence-corrected chi connectivity index (χ0v) is 22.3. The lowest BCUT2D eigenvalue weighted by Gasteiger charge is -2.24. The van der Waals surface area contributed by atoms with Crippen molar-refractivity contribution in [3.63, 3.8) is 0 Å². The molecule has 6 rings (SSSR count). The van der Waals surface area contributed by atoms with Gasteiger partial charge in [0.25, 0.3) is 0 Å². The Balaban J connectivity index is 1.29. The maximum Gasteiger partial charge on any atom is 0.237 e. The predicted octanol–water partition coefficient (Wildman–Crippen LogP) is 4.70. The minimum Gasteiger partial charge on any atom is -0.435 e. The second kappa shape index (κ2) is 8.84. The van der Waals surface area contributed by atoms with Crippen LogP contribution in [-0.2, 0) is 21.2 Å². The minimum absolute atomic E-state index is 0.0314. The lowest BCUT2D eigenvalue weighted by atomic mass is 10.0. The Bertz CT molecular complexity index is 1560. The van der Waals surface area contributed by atoms with E-state index < -0.39 is 21.2 Å². The molecule has 1 N–H and O–H groups in total. The first-order chi connectivity index (χ1) is 17.3. The van der Waals surface area contributed by atoms with Gasteiger partial charge in [0.15, 0.2) is 5.58 Å². The lowest BCUT2D eigenvalue weighted by Crippen LogP contribution is -2.38. The number of oxazole rings is 1. The van der Waals surface area contributed by atoms with Crippen molar-refractivity contribution < 1.29 is 17.6 Å². The Hall–Kier alpha value is -2.45. The van der Waals surface area contributed by atoms with E-state index in [-0.39, 0.29) is 12.0 Å². The summed E-state index contributed by atoms with van der Waals surface area (Å²) in [5, 5.41) is 10.1. The van der Waals surface area contributed by atoms with E-state index in [1.807, 2.05) is 24.3 Å². The van der Waals surface area contributed by atoms with Crippen LogP contribution in [0, 0.1) is 17.2 Å². The number of fused-ring (bicyclic) bond motifs is 2. The van der Waals surface area contributed by atoms with Crippen LogP contribution in [0.1, 0.15) is 48.4 Å². The number of carbonyl (C=O) groups is 1. The highest BCUT2D eigenvalue weighted by Gasteiger charge is 2.41. The highest BCUT2D eigenvalue weighted by Crippen LogP contribution is 2.44. The molecule has 2 heterocycles. The molecule has 2 aliphatic carbocycles. The number of amides is 1. The maximum atomic E-state index is 12.7. The summed E-state index contributed by atoms with van der Waals surface area (Å²) in [5.74, 6) is -0.440. The molecule has 1 saturated carbocycles. The number of halogens is 2. The van der Waals surface area contributed by atoms with Gasteiger partial charge in [-0.25, -0.2) is 13.4 Å². The van der Waals surface area contributed by atoms with Crippen molar-refractivity contribution in [2.45, 2.75) is 43.4 Å². The Morgan fingerprint density at radius 2 is 2.08 bits per heavy atom. The molecule has 2 fully saturated rings. The van der Waals surface area contributed by atoms with Crippen molar-refractivity contribution in [3.05, 3.63) is 50.5 Å². The smallest absolute Gasteiger partial charge is 0.237 e. The highest BCUT2D eigenvalue weighted by molar-refractivity contribution is 9.10. The third-order valence-electron chi connectivity index (χ3n) is 7.38. The molecule has 2 atom stereocenters. The molecule has 36 heavy (non-hydrogen) atoms. The standard InChI is InChI=1S/C25H22BrClN4O4S/c26-19-3-1-2-16(22(19)27)25-29-20-10-17-15(18(11-28)23(20)35-25)6-7-21(17)31-9-8-13(12-31)24(32)30-36(33,34)14-4-5-14/h1-3,10,13-14,21H,4-9,12H2,(H,30,32)/t13-,21-/m1/s1. The van der Waals surface area contributed by atoms with Crippen LogP contribution in [0.5, 0.6) is 0 Å². The van der Waals surface area contributed by atoms with Crippen molar-refractivity contribution in [1.29, 1.82) is 5.26 Å². The van der Waals surface area contributed by atoms with E-state index in [1.54, 1.807) is 0 Å². The van der Waals surface area contributed by atoms with E-state index in [4.69, 9.17) is 16.0 Å². The van der Waals surface area contributed by atoms with Gasteiger partial charge in [-0.3, -0.25) is 14.4 Å². The molecule has 3 aromatic rings. The van der Waals surface area contributed by atoms with Crippen LogP contribution in [0.4, 0.5) is 0 Å². The van der Waals surface area contributed by atoms with Crippen LogP contribution in [0.3, 0.4) is 0 Å². The monoisotopic (exact) mass is 588 g/mol. The molecule has 0 bridgehead atoms. The molecule has 186 valence electrons. The van der Waals surface area contributed by atoms with Gasteiger partial charge in [-0.2, -0.15) is 5.26 Å². The Morgan fingerprint density at radius 3 is 2.83 bits per heavy atom. The summed E-state index contributed by atoms with van der Waals surface area (Å²) < 4.78 is 33.5. The molecule has 0 radical (unpaired) electrons. The van der Waals surface area contributed by atoms with Gasteiger partial charge >= 0.3 is 0 Å². The number of aromatic nitrogens is 1. The first-order valence-corrected chi connectivity index (χ1v) is 14.6. The second-order valence-corrected chi connectivity index (χ2v) is 12.8. The summed E-state index contributed by atoms with van der Waals surface area (Å²) in [5.41, 5.74) is 4.13. The van der Waals surface area contributed by atoms with E-state index in [1.165, 1.54) is 0 Å². The number of hydrogen-bond donors (Lipinski definition) is 1. The van der Waals surface area contributed by atoms with E-state index in [0.29, 0.717) is 65.5 Å². The molecule has 1 aliphatic heterocycles. The molecular weight excluding hydrogens is 568 g/mol. The fourth-order valence-corrected chi connectivity index (χ4v) is 7.32. The van der Waals surface area contributed by atoms with E-state index in [2.05, 4.69) is 36.6 Å². The number of nitrogens with one attached hydrogen (secondary N) is 1. The number of nitriles is 1. The average molecular weight is 590 g/mol. The number of carbonyl (C=O) groups excluding carboxylic acids is 1. The Kier molecular flexibility index (Phi) is 5.87. The SMILES string of the molecule is N#Cc1c2c(cc3nc(-c4cccc(Br)c4Cl)oc13)[C@H](N1CC[C@@H](C(=O)NS(=O)(=O)C3CC3)C1)CC2. The van der Waals surface area contributed by atoms with Crippen molar-refractivity contribution in [2.24, 2.45) is 5.92 Å². The van der Waals surface area contributed by atoms with Crippen LogP contribution in [0.25, 0.3) is 22.6 Å². The van der Waals surface area contributed by atoms with Crippen molar-refractivity contribution in [1.82, 2.24) is 14.6 Å². The van der Waals surface area contributed by atoms with Crippen molar-refractivity contribution in [2.75, 3.05) is 13.1 Å². The summed E-state index contributed by atoms with van der Waals surface area (Å²) in [6.07, 6.45) is 3.36. The Morgan fingerprint density at radius 1 is 1.28 bits per heavy atom. The lowest BCUT2D eigenvalue weighted by molar-refractivity contribution is -0.122. The van der Waals surface area contributed by atoms with Crippen molar-refractivity contribution in [3.8, 4) is 17.5 Å². The van der Waals surface area contributed by atoms with Crippen LogP contribution >= 0.6 is 27.5 Å². The zero-order chi connectivity index (χ0) is 25.2. The van der Waals surface area contributed by atoms with Crippen LogP contribution < -0.4 is 4.72 Å². The van der Waals surface area contributed by atoms with Crippen LogP contribution in [0.2, 0.25) is 5.02 Å². The number of benzene rings is 2. The quantitative estimate of drug-likeness (QED) is 0.459. The topological polar surface area (TPSA) is 116 Å². The Labute approximate surface area is 221 Å². The van der Waals surface area contributed by atoms with E-state index >= 15 is 0 Å². The van der Waals surface area contributed by atoms with E-state index in [9.17, 15) is 18.5 Å². The van der Waals surface area contributed by atoms with Crippen LogP contribution in [-0.4, -0.2) is 42.5 Å². The zero-order valence-electron chi connectivity index (χ0n) is 19.1. The second-order valence-electron chi connectivity index (χ2n) is 9.65. The molecule has 0 spiro atoms. The fourth-order valence-electron chi connectivity index (χ4n) is 5.38. The predicted molar refractivity (Wildman–Crippen MR) is 138 cm³/mol. The molecule has 1 saturated heterocycles. The molecule has 3 aliphatic rings. The summed E-state index contributed by atoms with van der Waals surface area (Å²) in [7, 11) is -3.55. The average Bonchev–Trinajstić information content (AvgIpc) is 3.26. The van der Waals surface area contributed by atoms with Gasteiger partial charge < -0.3 is 4.42 Å². The molecule has 8 nitrogen and oxygen atoms in total. The summed E-state index contributed by atoms with van der Waals surface area (Å²) in [6, 6.07) is 9.82. The molecule has 11 heteroatoms. The van der Waals surface area contributed by atoms with Gasteiger partial charge in [-0.05, 0) is 83.9 Å². The molecular formula is C25H22BrClN4O4S. The number of rotatable bonds is 5. The van der Waals surface area contributed by atoms with Crippen LogP contribution in [0.15, 0.2) is 33.2 Å². The first-order valence-electron chi connectivity index (χ1n) is 11.9. The van der Waals surface area contributed by atoms with E-state index in [0.717, 1.165) is 28.4 Å². The molecule has 1 amide bonds. The van der Waals surface area contributed by atoms with Gasteiger partial charge in [0.2, 0.25) is 21.8 Å². The summed E-state index contributed by atoms with van der Waals surface area (Å²) in [4.78, 5) is 19.6. The summed E-state index contributed by atoms with van der Waals surface area (Å²) in [6.45, 7) is 1.16. The molecule has 1 aromatic heterocycles. The maximum absolute atomic E-state index is 12.7. The first kappa shape index (κ1) is 23.9. The van der Waals surface area contributed by atoms with Gasteiger partial charge in [0, 0.05) is 17.1 Å². The van der Waals surface area contributed by atoms with Gasteiger partial charge in [0.05, 0.1) is 21.8 Å². The normalized spacial score (nSPS) is 22.0. The third-order valence-corrected chi connectivity index (χ3v) is 10.5. The van der Waals surface area contributed by atoms with Crippen molar-refractivity contribution >= 4 is 54.6 Å². The van der Waals surface area contributed by atoms with Gasteiger partial charge in [-0.15, -0.1) is 0 Å². The minimum atomic E-state index is -3.55. The number of sulfonamides is 1. The number of hydrogen-bond acceptors (Lipinski definition) is 7. The summed E-state index contributed by atoms with van der Waals surface area (Å²) >= 11 is 9.87. The largest absolute Gasteiger partial charge is 0.435 e. The number of likely N-dealkylation sites (tertiary alicyclic amines) is 1. The fraction of sp³-hybridized carbons (Fsp3) is 0.400. The molecule has 2 aromatic carbocycles. The highest BCUT2D eigenvalue weighted by atomic mass is 79.9. The number of nitrogens with zero attached hydrogens (tertiary/aromatic N) is 3. The van der Waals surface area contributed by atoms with Gasteiger partial charge in [-0.1, -0.05) is 17.7 Å².